The monoisotopic (exact) mass is 254 g/mol. The van der Waals surface area contributed by atoms with Crippen molar-refractivity contribution in [1.82, 2.24) is 10.6 Å². The van der Waals surface area contributed by atoms with Crippen LogP contribution < -0.4 is 15.4 Å². The van der Waals surface area contributed by atoms with Crippen LogP contribution >= 0.6 is 12.6 Å². The van der Waals surface area contributed by atoms with E-state index in [1.54, 1.807) is 7.11 Å². The van der Waals surface area contributed by atoms with Crippen LogP contribution in [0.15, 0.2) is 24.3 Å². The second-order valence-electron chi connectivity index (χ2n) is 3.50. The number of nitrogens with one attached hydrogen (secondary N) is 2. The standard InChI is InChI=1S/C12H18N2O2S/c1-16-11-4-2-10(3-5-11)6-7-13-12(15)14-8-9-17/h2-5,17H,6-9H2,1H3,(H2,13,14,15). The molecule has 0 atom stereocenters. The minimum atomic E-state index is -0.146. The van der Waals surface area contributed by atoms with E-state index in [1.807, 2.05) is 24.3 Å². The molecule has 1 rings (SSSR count). The van der Waals surface area contributed by atoms with Crippen LogP contribution in [0.25, 0.3) is 0 Å². The first kappa shape index (κ1) is 13.7. The number of carbonyl (C=O) groups is 1. The number of urea groups is 1. The van der Waals surface area contributed by atoms with Crippen LogP contribution in [-0.2, 0) is 6.42 Å². The third-order valence-corrected chi connectivity index (χ3v) is 2.48. The summed E-state index contributed by atoms with van der Waals surface area (Å²) < 4.78 is 5.07. The fraction of sp³-hybridized carbons (Fsp3) is 0.417. The van der Waals surface area contributed by atoms with Gasteiger partial charge in [-0.05, 0) is 24.1 Å². The molecule has 0 aromatic heterocycles. The summed E-state index contributed by atoms with van der Waals surface area (Å²) in [6.45, 7) is 1.20. The zero-order valence-electron chi connectivity index (χ0n) is 9.90. The van der Waals surface area contributed by atoms with Crippen molar-refractivity contribution in [1.29, 1.82) is 0 Å². The van der Waals surface area contributed by atoms with Crippen LogP contribution in [0.4, 0.5) is 4.79 Å². The van der Waals surface area contributed by atoms with Gasteiger partial charge in [0.2, 0.25) is 0 Å². The van der Waals surface area contributed by atoms with Crippen LogP contribution in [0, 0.1) is 0 Å². The first-order valence-electron chi connectivity index (χ1n) is 5.51. The highest BCUT2D eigenvalue weighted by atomic mass is 32.1. The molecule has 0 saturated heterocycles. The Morgan fingerprint density at radius 3 is 2.47 bits per heavy atom. The topological polar surface area (TPSA) is 50.4 Å². The van der Waals surface area contributed by atoms with Gasteiger partial charge in [0.15, 0.2) is 0 Å². The Morgan fingerprint density at radius 2 is 1.88 bits per heavy atom. The molecule has 2 N–H and O–H groups in total. The number of ether oxygens (including phenoxy) is 1. The number of amides is 2. The Morgan fingerprint density at radius 1 is 1.24 bits per heavy atom. The molecule has 1 aromatic rings. The maximum atomic E-state index is 11.2. The van der Waals surface area contributed by atoms with Gasteiger partial charge in [0.1, 0.15) is 5.75 Å². The highest BCUT2D eigenvalue weighted by Gasteiger charge is 1.98. The molecular formula is C12H18N2O2S. The molecule has 4 nitrogen and oxygen atoms in total. The minimum absolute atomic E-state index is 0.146. The number of rotatable bonds is 6. The fourth-order valence-electron chi connectivity index (χ4n) is 1.34. The number of carbonyl (C=O) groups excluding carboxylic acids is 1. The van der Waals surface area contributed by atoms with Gasteiger partial charge in [-0.25, -0.2) is 4.79 Å². The molecule has 17 heavy (non-hydrogen) atoms. The third-order valence-electron chi connectivity index (χ3n) is 2.26. The summed E-state index contributed by atoms with van der Waals surface area (Å²) in [5, 5.41) is 5.47. The zero-order chi connectivity index (χ0) is 12.5. The Bertz CT molecular complexity index is 341. The number of thiol groups is 1. The Hall–Kier alpha value is -1.36. The highest BCUT2D eigenvalue weighted by molar-refractivity contribution is 7.80. The predicted octanol–water partition coefficient (Wildman–Crippen LogP) is 1.47. The normalized spacial score (nSPS) is 9.76. The SMILES string of the molecule is COc1ccc(CCNC(=O)NCCS)cc1. The molecule has 0 saturated carbocycles. The van der Waals surface area contributed by atoms with Gasteiger partial charge in [-0.2, -0.15) is 12.6 Å². The van der Waals surface area contributed by atoms with Crippen LogP contribution in [-0.4, -0.2) is 32.0 Å². The van der Waals surface area contributed by atoms with Gasteiger partial charge in [-0.1, -0.05) is 12.1 Å². The van der Waals surface area contributed by atoms with Crippen LogP contribution in [0.1, 0.15) is 5.56 Å². The molecule has 0 bridgehead atoms. The Labute approximate surface area is 107 Å². The second kappa shape index (κ2) is 7.84. The van der Waals surface area contributed by atoms with E-state index in [1.165, 1.54) is 5.56 Å². The maximum absolute atomic E-state index is 11.2. The summed E-state index contributed by atoms with van der Waals surface area (Å²) in [6.07, 6.45) is 0.804. The molecule has 1 aromatic carbocycles. The largest absolute Gasteiger partial charge is 0.497 e. The lowest BCUT2D eigenvalue weighted by molar-refractivity contribution is 0.241. The maximum Gasteiger partial charge on any atom is 0.314 e. The van der Waals surface area contributed by atoms with Gasteiger partial charge in [0, 0.05) is 18.8 Å². The van der Waals surface area contributed by atoms with Crippen molar-refractivity contribution in [3.63, 3.8) is 0 Å². The molecule has 0 aliphatic rings. The molecule has 0 aliphatic heterocycles. The molecule has 0 aliphatic carbocycles. The van der Waals surface area contributed by atoms with E-state index in [-0.39, 0.29) is 6.03 Å². The average molecular weight is 254 g/mol. The molecule has 0 radical (unpaired) electrons. The zero-order valence-corrected chi connectivity index (χ0v) is 10.8. The van der Waals surface area contributed by atoms with Crippen molar-refractivity contribution in [2.24, 2.45) is 0 Å². The second-order valence-corrected chi connectivity index (χ2v) is 3.95. The van der Waals surface area contributed by atoms with E-state index >= 15 is 0 Å². The first-order valence-corrected chi connectivity index (χ1v) is 6.15. The van der Waals surface area contributed by atoms with E-state index in [9.17, 15) is 4.79 Å². The average Bonchev–Trinajstić information content (AvgIpc) is 2.37. The molecule has 0 heterocycles. The Balaban J connectivity index is 2.23. The minimum Gasteiger partial charge on any atom is -0.497 e. The van der Waals surface area contributed by atoms with Gasteiger partial charge >= 0.3 is 6.03 Å². The van der Waals surface area contributed by atoms with Crippen LogP contribution in [0.2, 0.25) is 0 Å². The van der Waals surface area contributed by atoms with Crippen molar-refractivity contribution in [2.45, 2.75) is 6.42 Å². The van der Waals surface area contributed by atoms with Gasteiger partial charge in [0.05, 0.1) is 7.11 Å². The van der Waals surface area contributed by atoms with Crippen molar-refractivity contribution in [2.75, 3.05) is 26.0 Å². The van der Waals surface area contributed by atoms with E-state index in [0.29, 0.717) is 18.8 Å². The van der Waals surface area contributed by atoms with Crippen molar-refractivity contribution < 1.29 is 9.53 Å². The smallest absolute Gasteiger partial charge is 0.314 e. The molecule has 2 amide bonds. The van der Waals surface area contributed by atoms with E-state index in [0.717, 1.165) is 12.2 Å². The summed E-state index contributed by atoms with van der Waals surface area (Å²) in [7, 11) is 1.64. The lowest BCUT2D eigenvalue weighted by Crippen LogP contribution is -2.37. The van der Waals surface area contributed by atoms with Crippen molar-refractivity contribution in [3.8, 4) is 5.75 Å². The van der Waals surface area contributed by atoms with E-state index in [2.05, 4.69) is 23.3 Å². The lowest BCUT2D eigenvalue weighted by Gasteiger charge is -2.07. The van der Waals surface area contributed by atoms with Gasteiger partial charge < -0.3 is 15.4 Å². The molecule has 94 valence electrons. The lowest BCUT2D eigenvalue weighted by atomic mass is 10.1. The first-order chi connectivity index (χ1) is 8.26. The summed E-state index contributed by atoms with van der Waals surface area (Å²) in [6, 6.07) is 7.66. The van der Waals surface area contributed by atoms with Gasteiger partial charge in [-0.15, -0.1) is 0 Å². The quantitative estimate of drug-likeness (QED) is 0.673. The summed E-state index contributed by atoms with van der Waals surface area (Å²) in [5.41, 5.74) is 1.17. The summed E-state index contributed by atoms with van der Waals surface area (Å²) >= 11 is 4.01. The van der Waals surface area contributed by atoms with Crippen molar-refractivity contribution >= 4 is 18.7 Å². The molecular weight excluding hydrogens is 236 g/mol. The number of hydrogen-bond donors (Lipinski definition) is 3. The summed E-state index contributed by atoms with van der Waals surface area (Å²) in [4.78, 5) is 11.2. The fourth-order valence-corrected chi connectivity index (χ4v) is 1.46. The van der Waals surface area contributed by atoms with Crippen molar-refractivity contribution in [3.05, 3.63) is 29.8 Å². The summed E-state index contributed by atoms with van der Waals surface area (Å²) in [5.74, 6) is 1.49. The van der Waals surface area contributed by atoms with Crippen LogP contribution in [0.3, 0.4) is 0 Å². The molecule has 0 spiro atoms. The van der Waals surface area contributed by atoms with Crippen LogP contribution in [0.5, 0.6) is 5.75 Å². The highest BCUT2D eigenvalue weighted by Crippen LogP contribution is 2.11. The van der Waals surface area contributed by atoms with Gasteiger partial charge in [-0.3, -0.25) is 0 Å². The number of hydrogen-bond acceptors (Lipinski definition) is 3. The number of benzene rings is 1. The van der Waals surface area contributed by atoms with Gasteiger partial charge in [0.25, 0.3) is 0 Å². The molecule has 0 unspecified atom stereocenters. The molecule has 5 heteroatoms. The Kier molecular flexibility index (Phi) is 6.32. The third kappa shape index (κ3) is 5.49. The van der Waals surface area contributed by atoms with E-state index < -0.39 is 0 Å². The van der Waals surface area contributed by atoms with E-state index in [4.69, 9.17) is 4.74 Å². The predicted molar refractivity (Wildman–Crippen MR) is 72.0 cm³/mol. The molecule has 0 fully saturated rings. The number of methoxy groups -OCH3 is 1.